The van der Waals surface area contributed by atoms with Crippen LogP contribution in [0.25, 0.3) is 0 Å². The minimum absolute atomic E-state index is 0.157. The minimum atomic E-state index is 0.157. The van der Waals surface area contributed by atoms with Gasteiger partial charge in [-0.25, -0.2) is 0 Å². The monoisotopic (exact) mass is 330 g/mol. The normalized spacial score (nSPS) is 19.2. The molecule has 5 heteroatoms. The molecule has 100 valence electrons. The number of likely N-dealkylation sites (N-methyl/N-ethyl adjacent to an activating group) is 1. The van der Waals surface area contributed by atoms with Crippen molar-refractivity contribution < 1.29 is 4.79 Å². The number of halogens is 1. The average Bonchev–Trinajstić information content (AvgIpc) is 2.96. The lowest BCUT2D eigenvalue weighted by molar-refractivity contribution is 0.0756. The lowest BCUT2D eigenvalue weighted by Gasteiger charge is -2.23. The molecule has 1 aliphatic heterocycles. The van der Waals surface area contributed by atoms with E-state index < -0.39 is 0 Å². The van der Waals surface area contributed by atoms with Crippen LogP contribution in [-0.2, 0) is 0 Å². The number of rotatable bonds is 4. The standard InChI is InChI=1S/C13H19BrN2OS/c1-3-16(8-10-5-4-6-15-10)13(17)11-7-9(2)12(14)18-11/h7,10,15H,3-6,8H2,1-2H3. The van der Waals surface area contributed by atoms with Crippen LogP contribution in [0.2, 0.25) is 0 Å². The van der Waals surface area contributed by atoms with Gasteiger partial charge in [-0.15, -0.1) is 11.3 Å². The summed E-state index contributed by atoms with van der Waals surface area (Å²) in [7, 11) is 0. The Morgan fingerprint density at radius 2 is 2.44 bits per heavy atom. The molecule has 2 rings (SSSR count). The van der Waals surface area contributed by atoms with Gasteiger partial charge in [0.05, 0.1) is 8.66 Å². The Kier molecular flexibility index (Phi) is 4.81. The summed E-state index contributed by atoms with van der Waals surface area (Å²) in [6, 6.07) is 2.44. The first-order valence-electron chi connectivity index (χ1n) is 6.40. The molecule has 2 heterocycles. The number of nitrogens with one attached hydrogen (secondary N) is 1. The van der Waals surface area contributed by atoms with E-state index in [0.717, 1.165) is 33.9 Å². The predicted octanol–water partition coefficient (Wildman–Crippen LogP) is 3.03. The van der Waals surface area contributed by atoms with Gasteiger partial charge in [-0.1, -0.05) is 0 Å². The number of aryl methyl sites for hydroxylation is 1. The number of hydrogen-bond donors (Lipinski definition) is 1. The highest BCUT2D eigenvalue weighted by Crippen LogP contribution is 2.28. The maximum atomic E-state index is 12.4. The van der Waals surface area contributed by atoms with Gasteiger partial charge in [0.25, 0.3) is 5.91 Å². The maximum absolute atomic E-state index is 12.4. The van der Waals surface area contributed by atoms with Crippen LogP contribution in [-0.4, -0.2) is 36.5 Å². The molecule has 0 bridgehead atoms. The van der Waals surface area contributed by atoms with Gasteiger partial charge in [-0.3, -0.25) is 4.79 Å². The van der Waals surface area contributed by atoms with Crippen molar-refractivity contribution in [2.24, 2.45) is 0 Å². The summed E-state index contributed by atoms with van der Waals surface area (Å²) in [5.74, 6) is 0.157. The molecule has 18 heavy (non-hydrogen) atoms. The van der Waals surface area contributed by atoms with Gasteiger partial charge in [-0.05, 0) is 60.8 Å². The first-order valence-corrected chi connectivity index (χ1v) is 8.01. The van der Waals surface area contributed by atoms with Gasteiger partial charge >= 0.3 is 0 Å². The topological polar surface area (TPSA) is 32.3 Å². The van der Waals surface area contributed by atoms with E-state index in [1.165, 1.54) is 24.2 Å². The number of carbonyl (C=O) groups excluding carboxylic acids is 1. The molecule has 0 aliphatic carbocycles. The first kappa shape index (κ1) is 14.0. The Morgan fingerprint density at radius 1 is 1.67 bits per heavy atom. The zero-order chi connectivity index (χ0) is 13.1. The van der Waals surface area contributed by atoms with Crippen molar-refractivity contribution in [2.75, 3.05) is 19.6 Å². The largest absolute Gasteiger partial charge is 0.337 e. The summed E-state index contributed by atoms with van der Waals surface area (Å²) in [6.45, 7) is 6.74. The van der Waals surface area contributed by atoms with Gasteiger partial charge in [0.15, 0.2) is 0 Å². The quantitative estimate of drug-likeness (QED) is 0.920. The second-order valence-electron chi connectivity index (χ2n) is 4.70. The molecule has 1 N–H and O–H groups in total. The SMILES string of the molecule is CCN(CC1CCCN1)C(=O)c1cc(C)c(Br)s1. The molecule has 1 atom stereocenters. The minimum Gasteiger partial charge on any atom is -0.337 e. The van der Waals surface area contributed by atoms with E-state index in [4.69, 9.17) is 0 Å². The van der Waals surface area contributed by atoms with E-state index in [1.54, 1.807) is 0 Å². The number of carbonyl (C=O) groups is 1. The Labute approximate surface area is 121 Å². The smallest absolute Gasteiger partial charge is 0.264 e. The highest BCUT2D eigenvalue weighted by atomic mass is 79.9. The van der Waals surface area contributed by atoms with Crippen LogP contribution in [0.3, 0.4) is 0 Å². The average molecular weight is 331 g/mol. The van der Waals surface area contributed by atoms with Crippen molar-refractivity contribution in [2.45, 2.75) is 32.7 Å². The molecule has 1 amide bonds. The van der Waals surface area contributed by atoms with Crippen LogP contribution in [0.1, 0.15) is 35.0 Å². The van der Waals surface area contributed by atoms with Crippen molar-refractivity contribution in [3.63, 3.8) is 0 Å². The second kappa shape index (κ2) is 6.17. The molecular weight excluding hydrogens is 312 g/mol. The third-order valence-electron chi connectivity index (χ3n) is 3.34. The first-order chi connectivity index (χ1) is 8.61. The third kappa shape index (κ3) is 3.13. The van der Waals surface area contributed by atoms with Crippen LogP contribution < -0.4 is 5.32 Å². The maximum Gasteiger partial charge on any atom is 0.264 e. The zero-order valence-corrected chi connectivity index (χ0v) is 13.2. The van der Waals surface area contributed by atoms with Crippen LogP contribution in [0.4, 0.5) is 0 Å². The van der Waals surface area contributed by atoms with Crippen LogP contribution in [0, 0.1) is 6.92 Å². The molecule has 1 aromatic rings. The Bertz CT molecular complexity index is 407. The molecule has 0 aromatic carbocycles. The highest BCUT2D eigenvalue weighted by Gasteiger charge is 2.22. The summed E-state index contributed by atoms with van der Waals surface area (Å²) < 4.78 is 1.06. The molecule has 3 nitrogen and oxygen atoms in total. The molecule has 0 saturated carbocycles. The van der Waals surface area contributed by atoms with Crippen LogP contribution in [0.5, 0.6) is 0 Å². The van der Waals surface area contributed by atoms with Crippen LogP contribution in [0.15, 0.2) is 9.85 Å². The lowest BCUT2D eigenvalue weighted by Crippen LogP contribution is -2.40. The highest BCUT2D eigenvalue weighted by molar-refractivity contribution is 9.11. The van der Waals surface area contributed by atoms with E-state index in [2.05, 4.69) is 21.2 Å². The van der Waals surface area contributed by atoms with Crippen molar-refractivity contribution >= 4 is 33.2 Å². The Balaban J connectivity index is 2.04. The van der Waals surface area contributed by atoms with Crippen LogP contribution >= 0.6 is 27.3 Å². The summed E-state index contributed by atoms with van der Waals surface area (Å²) in [6.07, 6.45) is 2.40. The van der Waals surface area contributed by atoms with Gasteiger partial charge in [-0.2, -0.15) is 0 Å². The van der Waals surface area contributed by atoms with Crippen molar-refractivity contribution in [3.8, 4) is 0 Å². The van der Waals surface area contributed by atoms with Crippen molar-refractivity contribution in [3.05, 3.63) is 20.3 Å². The third-order valence-corrected chi connectivity index (χ3v) is 5.46. The molecule has 1 unspecified atom stereocenters. The summed E-state index contributed by atoms with van der Waals surface area (Å²) >= 11 is 5.01. The van der Waals surface area contributed by atoms with E-state index >= 15 is 0 Å². The fraction of sp³-hybridized carbons (Fsp3) is 0.615. The van der Waals surface area contributed by atoms with E-state index in [1.807, 2.05) is 24.8 Å². The van der Waals surface area contributed by atoms with Crippen molar-refractivity contribution in [1.82, 2.24) is 10.2 Å². The second-order valence-corrected chi connectivity index (χ2v) is 7.07. The molecular formula is C13H19BrN2OS. The molecule has 0 spiro atoms. The van der Waals surface area contributed by atoms with E-state index in [-0.39, 0.29) is 5.91 Å². The van der Waals surface area contributed by atoms with Gasteiger partial charge in [0.1, 0.15) is 0 Å². The number of nitrogens with zero attached hydrogens (tertiary/aromatic N) is 1. The fourth-order valence-corrected chi connectivity index (χ4v) is 3.76. The number of amides is 1. The molecule has 1 saturated heterocycles. The number of hydrogen-bond acceptors (Lipinski definition) is 3. The summed E-state index contributed by atoms with van der Waals surface area (Å²) in [5, 5.41) is 3.44. The van der Waals surface area contributed by atoms with Gasteiger partial charge < -0.3 is 10.2 Å². The zero-order valence-electron chi connectivity index (χ0n) is 10.8. The Hall–Kier alpha value is -0.390. The predicted molar refractivity (Wildman–Crippen MR) is 79.4 cm³/mol. The lowest BCUT2D eigenvalue weighted by atomic mass is 10.2. The molecule has 0 radical (unpaired) electrons. The summed E-state index contributed by atoms with van der Waals surface area (Å²) in [5.41, 5.74) is 1.14. The molecule has 1 aromatic heterocycles. The fourth-order valence-electron chi connectivity index (χ4n) is 2.26. The van der Waals surface area contributed by atoms with Gasteiger partial charge in [0.2, 0.25) is 0 Å². The Morgan fingerprint density at radius 3 is 2.94 bits per heavy atom. The molecule has 1 fully saturated rings. The number of thiophene rings is 1. The van der Waals surface area contributed by atoms with Crippen molar-refractivity contribution in [1.29, 1.82) is 0 Å². The van der Waals surface area contributed by atoms with E-state index in [0.29, 0.717) is 6.04 Å². The van der Waals surface area contributed by atoms with E-state index in [9.17, 15) is 4.79 Å². The van der Waals surface area contributed by atoms with Gasteiger partial charge in [0, 0.05) is 19.1 Å². The summed E-state index contributed by atoms with van der Waals surface area (Å²) in [4.78, 5) is 15.2. The molecule has 1 aliphatic rings.